The minimum Gasteiger partial charge on any atom is -0.439 e. The largest absolute Gasteiger partial charge is 0.439 e. The molecule has 4 aromatic rings. The fourth-order valence-electron chi connectivity index (χ4n) is 4.25. The van der Waals surface area contributed by atoms with Gasteiger partial charge in [-0.05, 0) is 42.8 Å². The summed E-state index contributed by atoms with van der Waals surface area (Å²) >= 11 is 0. The third kappa shape index (κ3) is 4.75. The lowest BCUT2D eigenvalue weighted by molar-refractivity contribution is -0.134. The van der Waals surface area contributed by atoms with Gasteiger partial charge in [-0.25, -0.2) is 4.98 Å². The van der Waals surface area contributed by atoms with Crippen LogP contribution in [0.4, 0.5) is 0 Å². The first-order valence-electron chi connectivity index (χ1n) is 11.2. The maximum absolute atomic E-state index is 11.7. The lowest BCUT2D eigenvalue weighted by Crippen LogP contribution is -2.40. The molecule has 1 amide bonds. The van der Waals surface area contributed by atoms with Crippen molar-refractivity contribution in [3.8, 4) is 22.9 Å². The number of likely N-dealkylation sites (N-methyl/N-ethyl adjacent to an activating group) is 1. The third-order valence-corrected chi connectivity index (χ3v) is 6.20. The molecule has 0 saturated carbocycles. The predicted molar refractivity (Wildman–Crippen MR) is 127 cm³/mol. The minimum atomic E-state index is -0.447. The molecular weight excluding hydrogens is 432 g/mol. The number of carbonyl (C=O) groups is 1. The molecule has 1 aromatic carbocycles. The first-order valence-corrected chi connectivity index (χ1v) is 11.2. The molecule has 1 saturated heterocycles. The molecule has 4 heterocycles. The number of aromatic nitrogens is 4. The third-order valence-electron chi connectivity index (χ3n) is 6.20. The summed E-state index contributed by atoms with van der Waals surface area (Å²) in [4.78, 5) is 24.9. The van der Waals surface area contributed by atoms with E-state index in [9.17, 15) is 4.79 Å². The zero-order valence-corrected chi connectivity index (χ0v) is 18.9. The molecule has 1 atom stereocenters. The summed E-state index contributed by atoms with van der Waals surface area (Å²) in [7, 11) is 1.75. The number of aliphatic hydroxyl groups is 1. The van der Waals surface area contributed by atoms with E-state index in [0.717, 1.165) is 53.9 Å². The van der Waals surface area contributed by atoms with Crippen LogP contribution in [0.1, 0.15) is 12.1 Å². The Morgan fingerprint density at radius 1 is 1.24 bits per heavy atom. The molecule has 0 radical (unpaired) electrons. The minimum absolute atomic E-state index is 0.127. The van der Waals surface area contributed by atoms with Gasteiger partial charge in [-0.1, -0.05) is 6.07 Å². The Morgan fingerprint density at radius 3 is 2.91 bits per heavy atom. The van der Waals surface area contributed by atoms with Crippen LogP contribution in [-0.4, -0.2) is 73.8 Å². The Morgan fingerprint density at radius 2 is 2.15 bits per heavy atom. The molecule has 3 aromatic heterocycles. The van der Waals surface area contributed by atoms with Gasteiger partial charge < -0.3 is 14.7 Å². The predicted octanol–water partition coefficient (Wildman–Crippen LogP) is 2.84. The summed E-state index contributed by atoms with van der Waals surface area (Å²) in [6.45, 7) is 1.95. The van der Waals surface area contributed by atoms with E-state index in [4.69, 9.17) is 14.8 Å². The Labute approximate surface area is 197 Å². The number of rotatable bonds is 7. The Hall–Kier alpha value is -3.82. The van der Waals surface area contributed by atoms with Crippen molar-refractivity contribution in [3.63, 3.8) is 0 Å². The highest BCUT2D eigenvalue weighted by molar-refractivity contribution is 5.80. The molecule has 0 spiro atoms. The van der Waals surface area contributed by atoms with Crippen LogP contribution in [-0.2, 0) is 11.3 Å². The van der Waals surface area contributed by atoms with E-state index < -0.39 is 6.61 Å². The Balaban J connectivity index is 1.23. The fourth-order valence-corrected chi connectivity index (χ4v) is 4.25. The van der Waals surface area contributed by atoms with Gasteiger partial charge >= 0.3 is 0 Å². The molecule has 1 aliphatic rings. The maximum Gasteiger partial charge on any atom is 0.248 e. The highest BCUT2D eigenvalue weighted by Crippen LogP contribution is 2.26. The zero-order valence-electron chi connectivity index (χ0n) is 18.9. The quantitative estimate of drug-likeness (QED) is 0.438. The topological polar surface area (TPSA) is 107 Å². The highest BCUT2D eigenvalue weighted by atomic mass is 16.5. The number of likely N-dealkylation sites (tertiary alicyclic amines) is 1. The van der Waals surface area contributed by atoms with Gasteiger partial charge in [-0.3, -0.25) is 19.8 Å². The van der Waals surface area contributed by atoms with Crippen LogP contribution >= 0.6 is 0 Å². The van der Waals surface area contributed by atoms with Crippen molar-refractivity contribution in [1.82, 2.24) is 30.0 Å². The summed E-state index contributed by atoms with van der Waals surface area (Å²) in [5.41, 5.74) is 3.72. The molecular formula is C25H26N6O3. The van der Waals surface area contributed by atoms with E-state index in [2.05, 4.69) is 20.1 Å². The molecule has 0 aliphatic carbocycles. The lowest BCUT2D eigenvalue weighted by atomic mass is 10.2. The SMILES string of the molecule is CN(C(=O)CO)[C@@H]1CCN(Cc2ccc3cc(Oc4ccc(-c5ccn[nH]5)cn4)ccc3n2)C1. The van der Waals surface area contributed by atoms with Crippen molar-refractivity contribution in [2.24, 2.45) is 0 Å². The zero-order chi connectivity index (χ0) is 23.5. The van der Waals surface area contributed by atoms with E-state index in [1.807, 2.05) is 48.5 Å². The number of pyridine rings is 2. The molecule has 1 aliphatic heterocycles. The van der Waals surface area contributed by atoms with E-state index >= 15 is 0 Å². The molecule has 9 heteroatoms. The van der Waals surface area contributed by atoms with Gasteiger partial charge in [0.2, 0.25) is 11.8 Å². The second-order valence-electron chi connectivity index (χ2n) is 8.45. The van der Waals surface area contributed by atoms with E-state index in [1.165, 1.54) is 0 Å². The van der Waals surface area contributed by atoms with Gasteiger partial charge in [0.1, 0.15) is 12.4 Å². The van der Waals surface area contributed by atoms with Crippen molar-refractivity contribution in [2.45, 2.75) is 19.0 Å². The number of amides is 1. The summed E-state index contributed by atoms with van der Waals surface area (Å²) in [5, 5.41) is 16.9. The van der Waals surface area contributed by atoms with Gasteiger partial charge in [0.05, 0.1) is 16.9 Å². The summed E-state index contributed by atoms with van der Waals surface area (Å²) in [5.74, 6) is 0.973. The van der Waals surface area contributed by atoms with Gasteiger partial charge in [0.15, 0.2) is 0 Å². The van der Waals surface area contributed by atoms with E-state index in [-0.39, 0.29) is 11.9 Å². The Bertz CT molecular complexity index is 1280. The van der Waals surface area contributed by atoms with Crippen LogP contribution in [0.5, 0.6) is 11.6 Å². The monoisotopic (exact) mass is 458 g/mol. The van der Waals surface area contributed by atoms with Crippen molar-refractivity contribution in [2.75, 3.05) is 26.7 Å². The molecule has 1 fully saturated rings. The summed E-state index contributed by atoms with van der Waals surface area (Å²) in [6.07, 6.45) is 4.35. The first-order chi connectivity index (χ1) is 16.6. The second-order valence-corrected chi connectivity index (χ2v) is 8.45. The molecule has 9 nitrogen and oxygen atoms in total. The van der Waals surface area contributed by atoms with E-state index in [1.54, 1.807) is 24.3 Å². The van der Waals surface area contributed by atoms with E-state index in [0.29, 0.717) is 11.6 Å². The maximum atomic E-state index is 11.7. The van der Waals surface area contributed by atoms with Crippen molar-refractivity contribution in [1.29, 1.82) is 0 Å². The molecule has 2 N–H and O–H groups in total. The normalized spacial score (nSPS) is 16.1. The summed E-state index contributed by atoms with van der Waals surface area (Å²) < 4.78 is 5.94. The number of benzene rings is 1. The molecule has 0 unspecified atom stereocenters. The number of nitrogens with zero attached hydrogens (tertiary/aromatic N) is 5. The van der Waals surface area contributed by atoms with Gasteiger partial charge in [-0.15, -0.1) is 0 Å². The van der Waals surface area contributed by atoms with Crippen LogP contribution < -0.4 is 4.74 Å². The fraction of sp³-hybridized carbons (Fsp3) is 0.280. The number of aliphatic hydroxyl groups excluding tert-OH is 1. The van der Waals surface area contributed by atoms with Crippen molar-refractivity contribution in [3.05, 3.63) is 66.6 Å². The summed E-state index contributed by atoms with van der Waals surface area (Å²) in [6, 6.07) is 15.7. The van der Waals surface area contributed by atoms with Gasteiger partial charge in [0, 0.05) is 62.1 Å². The molecule has 5 rings (SSSR count). The Kier molecular flexibility index (Phi) is 6.20. The number of nitrogens with one attached hydrogen (secondary N) is 1. The number of aromatic amines is 1. The average molecular weight is 459 g/mol. The highest BCUT2D eigenvalue weighted by Gasteiger charge is 2.28. The van der Waals surface area contributed by atoms with Crippen LogP contribution in [0.25, 0.3) is 22.2 Å². The molecule has 34 heavy (non-hydrogen) atoms. The second kappa shape index (κ2) is 9.58. The lowest BCUT2D eigenvalue weighted by Gasteiger charge is -2.24. The van der Waals surface area contributed by atoms with Crippen LogP contribution in [0.15, 0.2) is 60.9 Å². The van der Waals surface area contributed by atoms with Crippen LogP contribution in [0.2, 0.25) is 0 Å². The number of hydrogen-bond donors (Lipinski definition) is 2. The van der Waals surface area contributed by atoms with Crippen LogP contribution in [0.3, 0.4) is 0 Å². The van der Waals surface area contributed by atoms with Crippen molar-refractivity contribution < 1.29 is 14.6 Å². The first kappa shape index (κ1) is 22.0. The van der Waals surface area contributed by atoms with Crippen molar-refractivity contribution >= 4 is 16.8 Å². The molecule has 174 valence electrons. The smallest absolute Gasteiger partial charge is 0.248 e. The average Bonchev–Trinajstić information content (AvgIpc) is 3.56. The van der Waals surface area contributed by atoms with Gasteiger partial charge in [0.25, 0.3) is 0 Å². The number of carbonyl (C=O) groups excluding carboxylic acids is 1. The van der Waals surface area contributed by atoms with Gasteiger partial charge in [-0.2, -0.15) is 5.10 Å². The number of hydrogen-bond acceptors (Lipinski definition) is 7. The molecule has 0 bridgehead atoms. The number of fused-ring (bicyclic) bond motifs is 1. The number of H-pyrrole nitrogens is 1. The standard InChI is InChI=1S/C25H26N6O3/c1-30(25(33)16-32)20-9-11-31(15-20)14-19-4-2-17-12-21(5-6-22(17)28-19)34-24-7-3-18(13-26-24)23-8-10-27-29-23/h2-8,10,12-13,20,32H,9,11,14-16H2,1H3,(H,27,29)/t20-/m1/s1. The number of ether oxygens (including phenoxy) is 1. The van der Waals surface area contributed by atoms with Crippen LogP contribution in [0, 0.1) is 0 Å².